The topological polar surface area (TPSA) is 78.9 Å². The summed E-state index contributed by atoms with van der Waals surface area (Å²) in [5.74, 6) is -0.899. The van der Waals surface area contributed by atoms with Crippen LogP contribution in [0.3, 0.4) is 0 Å². The number of carbonyl (C=O) groups excluding carboxylic acids is 3. The fourth-order valence-electron chi connectivity index (χ4n) is 7.14. The van der Waals surface area contributed by atoms with Gasteiger partial charge in [-0.05, 0) is 77.0 Å². The number of hydrogen-bond acceptors (Lipinski definition) is 6. The van der Waals surface area contributed by atoms with Gasteiger partial charge in [-0.25, -0.2) is 0 Å². The van der Waals surface area contributed by atoms with Crippen molar-refractivity contribution in [2.45, 2.75) is 264 Å². The Hall–Kier alpha value is -2.63. The lowest BCUT2D eigenvalue weighted by atomic mass is 10.1. The second-order valence-electron chi connectivity index (χ2n) is 17.1. The van der Waals surface area contributed by atoms with E-state index in [-0.39, 0.29) is 31.1 Å². The number of hydrogen-bond donors (Lipinski definition) is 0. The first-order chi connectivity index (χ1) is 29.5. The molecule has 60 heavy (non-hydrogen) atoms. The number of ether oxygens (including phenoxy) is 3. The zero-order chi connectivity index (χ0) is 43.7. The van der Waals surface area contributed by atoms with Gasteiger partial charge in [0.25, 0.3) is 0 Å². The molecule has 0 aromatic rings. The van der Waals surface area contributed by atoms with Crippen LogP contribution in [0.1, 0.15) is 258 Å². The minimum absolute atomic E-state index is 0.0791. The highest BCUT2D eigenvalue weighted by molar-refractivity contribution is 5.71. The normalized spacial score (nSPS) is 12.4. The molecule has 0 N–H and O–H groups in total. The molecule has 0 radical (unpaired) electrons. The molecule has 0 aromatic heterocycles. The highest BCUT2D eigenvalue weighted by atomic mass is 16.6. The summed E-state index contributed by atoms with van der Waals surface area (Å²) >= 11 is 0. The average molecular weight is 841 g/mol. The summed E-state index contributed by atoms with van der Waals surface area (Å²) in [7, 11) is 0. The van der Waals surface area contributed by atoms with E-state index in [1.807, 2.05) is 0 Å². The van der Waals surface area contributed by atoms with Gasteiger partial charge in [0, 0.05) is 19.3 Å². The summed E-state index contributed by atoms with van der Waals surface area (Å²) in [6.07, 6.45) is 58.1. The summed E-state index contributed by atoms with van der Waals surface area (Å²) in [4.78, 5) is 37.8. The van der Waals surface area contributed by atoms with Gasteiger partial charge < -0.3 is 14.2 Å². The SMILES string of the molecule is CCCC/C=C\CCCCCCCC(=O)OC(COC(=O)CCCCCCCC/C=C\C/C=C\C/C=C\CCCCCCC)COC(=O)CCCCCCCCCCCC. The molecule has 0 aliphatic carbocycles. The van der Waals surface area contributed by atoms with E-state index in [0.717, 1.165) is 89.9 Å². The number of allylic oxidation sites excluding steroid dienone is 8. The quantitative estimate of drug-likeness (QED) is 0.0263. The van der Waals surface area contributed by atoms with Gasteiger partial charge in [0.1, 0.15) is 13.2 Å². The molecule has 0 rings (SSSR count). The van der Waals surface area contributed by atoms with Gasteiger partial charge in [-0.3, -0.25) is 14.4 Å². The predicted octanol–water partition coefficient (Wildman–Crippen LogP) is 16.7. The van der Waals surface area contributed by atoms with E-state index in [0.29, 0.717) is 19.3 Å². The Morgan fingerprint density at radius 1 is 0.333 bits per heavy atom. The molecule has 0 aromatic carbocycles. The summed E-state index contributed by atoms with van der Waals surface area (Å²) in [5.41, 5.74) is 0. The van der Waals surface area contributed by atoms with Gasteiger partial charge in [-0.1, -0.05) is 211 Å². The third-order valence-electron chi connectivity index (χ3n) is 11.1. The third kappa shape index (κ3) is 46.4. The van der Waals surface area contributed by atoms with Gasteiger partial charge in [0.2, 0.25) is 0 Å². The van der Waals surface area contributed by atoms with Crippen molar-refractivity contribution in [2.24, 2.45) is 0 Å². The maximum Gasteiger partial charge on any atom is 0.306 e. The maximum atomic E-state index is 12.7. The minimum atomic E-state index is -0.778. The first-order valence-corrected chi connectivity index (χ1v) is 25.6. The van der Waals surface area contributed by atoms with E-state index >= 15 is 0 Å². The molecule has 6 heteroatoms. The highest BCUT2D eigenvalue weighted by Gasteiger charge is 2.19. The standard InChI is InChI=1S/C54H96O6/c1-4-7-10-13-16-19-22-23-24-25-26-27-28-29-30-31-33-35-38-41-44-47-53(56)59-50-51(49-58-52(55)46-43-40-37-34-21-18-15-12-9-6-3)60-54(57)48-45-42-39-36-32-20-17-14-11-8-5-2/h14,17,22-23,25-26,28-29,51H,4-13,15-16,18-21,24,27,30-50H2,1-3H3/b17-14-,23-22-,26-25-,29-28-. The zero-order valence-corrected chi connectivity index (χ0v) is 39.7. The molecule has 0 amide bonds. The van der Waals surface area contributed by atoms with Crippen LogP contribution in [0.25, 0.3) is 0 Å². The Morgan fingerprint density at radius 3 is 1.00 bits per heavy atom. The van der Waals surface area contributed by atoms with Crippen LogP contribution < -0.4 is 0 Å². The number of unbranched alkanes of at least 4 members (excludes halogenated alkanes) is 27. The number of carbonyl (C=O) groups is 3. The Labute approximate surface area is 371 Å². The van der Waals surface area contributed by atoms with E-state index in [2.05, 4.69) is 69.4 Å². The van der Waals surface area contributed by atoms with Crippen LogP contribution in [0.15, 0.2) is 48.6 Å². The van der Waals surface area contributed by atoms with Crippen molar-refractivity contribution in [3.63, 3.8) is 0 Å². The van der Waals surface area contributed by atoms with E-state index in [1.54, 1.807) is 0 Å². The molecule has 348 valence electrons. The summed E-state index contributed by atoms with van der Waals surface area (Å²) in [5, 5.41) is 0. The molecule has 0 bridgehead atoms. The molecular weight excluding hydrogens is 745 g/mol. The van der Waals surface area contributed by atoms with Crippen LogP contribution in [0.5, 0.6) is 0 Å². The maximum absolute atomic E-state index is 12.7. The van der Waals surface area contributed by atoms with Crippen molar-refractivity contribution >= 4 is 17.9 Å². The second-order valence-corrected chi connectivity index (χ2v) is 17.1. The molecule has 0 aliphatic heterocycles. The molecule has 0 fully saturated rings. The number of esters is 3. The lowest BCUT2D eigenvalue weighted by molar-refractivity contribution is -0.167. The van der Waals surface area contributed by atoms with Crippen molar-refractivity contribution in [1.82, 2.24) is 0 Å². The smallest absolute Gasteiger partial charge is 0.306 e. The molecule has 6 nitrogen and oxygen atoms in total. The van der Waals surface area contributed by atoms with Crippen LogP contribution in [-0.2, 0) is 28.6 Å². The predicted molar refractivity (Wildman–Crippen MR) is 256 cm³/mol. The van der Waals surface area contributed by atoms with Crippen molar-refractivity contribution in [3.05, 3.63) is 48.6 Å². The van der Waals surface area contributed by atoms with Gasteiger partial charge in [-0.15, -0.1) is 0 Å². The minimum Gasteiger partial charge on any atom is -0.462 e. The summed E-state index contributed by atoms with van der Waals surface area (Å²) < 4.78 is 16.7. The van der Waals surface area contributed by atoms with Gasteiger partial charge >= 0.3 is 17.9 Å². The molecule has 1 unspecified atom stereocenters. The molecule has 1 atom stereocenters. The molecule has 0 aliphatic rings. The summed E-state index contributed by atoms with van der Waals surface area (Å²) in [6.45, 7) is 6.56. The van der Waals surface area contributed by atoms with Crippen molar-refractivity contribution in [1.29, 1.82) is 0 Å². The summed E-state index contributed by atoms with van der Waals surface area (Å²) in [6, 6.07) is 0. The molecule has 0 saturated carbocycles. The van der Waals surface area contributed by atoms with Gasteiger partial charge in [-0.2, -0.15) is 0 Å². The highest BCUT2D eigenvalue weighted by Crippen LogP contribution is 2.14. The van der Waals surface area contributed by atoms with E-state index in [4.69, 9.17) is 14.2 Å². The number of rotatable bonds is 46. The average Bonchev–Trinajstić information content (AvgIpc) is 3.24. The Kier molecular flexibility index (Phi) is 46.9. The van der Waals surface area contributed by atoms with Gasteiger partial charge in [0.15, 0.2) is 6.10 Å². The van der Waals surface area contributed by atoms with E-state index in [1.165, 1.54) is 128 Å². The lowest BCUT2D eigenvalue weighted by Gasteiger charge is -2.18. The van der Waals surface area contributed by atoms with Gasteiger partial charge in [0.05, 0.1) is 0 Å². The molecule has 0 saturated heterocycles. The van der Waals surface area contributed by atoms with Crippen LogP contribution in [-0.4, -0.2) is 37.2 Å². The van der Waals surface area contributed by atoms with Crippen molar-refractivity contribution < 1.29 is 28.6 Å². The lowest BCUT2D eigenvalue weighted by Crippen LogP contribution is -2.30. The van der Waals surface area contributed by atoms with Crippen LogP contribution >= 0.6 is 0 Å². The zero-order valence-electron chi connectivity index (χ0n) is 39.7. The van der Waals surface area contributed by atoms with Crippen LogP contribution in [0.2, 0.25) is 0 Å². The Morgan fingerprint density at radius 2 is 0.617 bits per heavy atom. The fourth-order valence-corrected chi connectivity index (χ4v) is 7.14. The van der Waals surface area contributed by atoms with E-state index in [9.17, 15) is 14.4 Å². The Bertz CT molecular complexity index is 1060. The third-order valence-corrected chi connectivity index (χ3v) is 11.1. The first-order valence-electron chi connectivity index (χ1n) is 25.6. The van der Waals surface area contributed by atoms with E-state index < -0.39 is 6.10 Å². The first kappa shape index (κ1) is 57.4. The molecular formula is C54H96O6. The monoisotopic (exact) mass is 841 g/mol. The van der Waals surface area contributed by atoms with Crippen LogP contribution in [0.4, 0.5) is 0 Å². The van der Waals surface area contributed by atoms with Crippen molar-refractivity contribution in [2.75, 3.05) is 13.2 Å². The van der Waals surface area contributed by atoms with Crippen molar-refractivity contribution in [3.8, 4) is 0 Å². The fraction of sp³-hybridized carbons (Fsp3) is 0.796. The largest absolute Gasteiger partial charge is 0.462 e. The molecule has 0 spiro atoms. The van der Waals surface area contributed by atoms with Crippen LogP contribution in [0, 0.1) is 0 Å². The molecule has 0 heterocycles. The second kappa shape index (κ2) is 49.0. The Balaban J connectivity index is 4.30.